The second kappa shape index (κ2) is 5.35. The summed E-state index contributed by atoms with van der Waals surface area (Å²) in [7, 11) is 0. The second-order valence-electron chi connectivity index (χ2n) is 3.54. The van der Waals surface area contributed by atoms with Gasteiger partial charge in [0.25, 0.3) is 0 Å². The number of carbonyl (C=O) groups excluding carboxylic acids is 1. The normalized spacial score (nSPS) is 9.56. The summed E-state index contributed by atoms with van der Waals surface area (Å²) in [5, 5.41) is 9.25. The minimum absolute atomic E-state index is 0.366. The monoisotopic (exact) mass is 257 g/mol. The Morgan fingerprint density at radius 3 is 2.78 bits per heavy atom. The molecule has 0 N–H and O–H groups in total. The van der Waals surface area contributed by atoms with Crippen molar-refractivity contribution in [1.82, 2.24) is 0 Å². The third-order valence-corrected chi connectivity index (χ3v) is 2.52. The van der Waals surface area contributed by atoms with Crippen molar-refractivity contribution in [2.24, 2.45) is 0 Å². The standard InChI is InChI=1S/C14H8ClNO2/c15-12-4-5-14(11(7-12)9-17)18-13-3-1-2-10(6-13)8-16/h1-7,9H. The minimum atomic E-state index is 0.366. The van der Waals surface area contributed by atoms with Gasteiger partial charge in [-0.15, -0.1) is 0 Å². The number of ether oxygens (including phenoxy) is 1. The predicted molar refractivity (Wildman–Crippen MR) is 68.1 cm³/mol. The smallest absolute Gasteiger partial charge is 0.153 e. The maximum atomic E-state index is 10.9. The Morgan fingerprint density at radius 1 is 1.22 bits per heavy atom. The molecule has 0 aromatic heterocycles. The highest BCUT2D eigenvalue weighted by molar-refractivity contribution is 6.30. The van der Waals surface area contributed by atoms with Crippen LogP contribution in [0.25, 0.3) is 0 Å². The van der Waals surface area contributed by atoms with Gasteiger partial charge in [-0.2, -0.15) is 5.26 Å². The van der Waals surface area contributed by atoms with Crippen LogP contribution >= 0.6 is 11.6 Å². The molecule has 0 heterocycles. The molecule has 0 saturated heterocycles. The molecule has 0 radical (unpaired) electrons. The second-order valence-corrected chi connectivity index (χ2v) is 3.98. The first-order chi connectivity index (χ1) is 8.72. The van der Waals surface area contributed by atoms with Crippen molar-refractivity contribution >= 4 is 17.9 Å². The number of rotatable bonds is 3. The highest BCUT2D eigenvalue weighted by Crippen LogP contribution is 2.27. The molecule has 2 aromatic rings. The Labute approximate surface area is 109 Å². The molecule has 18 heavy (non-hydrogen) atoms. The molecule has 88 valence electrons. The van der Waals surface area contributed by atoms with Crippen LogP contribution in [0, 0.1) is 11.3 Å². The zero-order valence-electron chi connectivity index (χ0n) is 9.26. The van der Waals surface area contributed by atoms with E-state index in [1.807, 2.05) is 6.07 Å². The lowest BCUT2D eigenvalue weighted by Crippen LogP contribution is -1.90. The van der Waals surface area contributed by atoms with E-state index in [-0.39, 0.29) is 0 Å². The lowest BCUT2D eigenvalue weighted by atomic mass is 10.2. The molecule has 4 heteroatoms. The first kappa shape index (κ1) is 12.2. The van der Waals surface area contributed by atoms with Gasteiger partial charge in [-0.05, 0) is 36.4 Å². The molecular weight excluding hydrogens is 250 g/mol. The Bertz CT molecular complexity index is 632. The number of carbonyl (C=O) groups is 1. The molecule has 0 spiro atoms. The van der Waals surface area contributed by atoms with Gasteiger partial charge in [-0.25, -0.2) is 0 Å². The van der Waals surface area contributed by atoms with E-state index >= 15 is 0 Å². The minimum Gasteiger partial charge on any atom is -0.457 e. The van der Waals surface area contributed by atoms with E-state index in [4.69, 9.17) is 21.6 Å². The van der Waals surface area contributed by atoms with Crippen molar-refractivity contribution in [3.05, 3.63) is 58.6 Å². The molecule has 3 nitrogen and oxygen atoms in total. The molecule has 0 amide bonds. The highest BCUT2D eigenvalue weighted by Gasteiger charge is 2.05. The van der Waals surface area contributed by atoms with E-state index in [9.17, 15) is 4.79 Å². The van der Waals surface area contributed by atoms with Crippen molar-refractivity contribution < 1.29 is 9.53 Å². The fraction of sp³-hybridized carbons (Fsp3) is 0. The summed E-state index contributed by atoms with van der Waals surface area (Å²) in [6, 6.07) is 13.5. The lowest BCUT2D eigenvalue weighted by molar-refractivity contribution is 0.112. The fourth-order valence-corrected chi connectivity index (χ4v) is 1.64. The van der Waals surface area contributed by atoms with Crippen LogP contribution in [-0.4, -0.2) is 6.29 Å². The summed E-state index contributed by atoms with van der Waals surface area (Å²) in [6.07, 6.45) is 0.676. The van der Waals surface area contributed by atoms with Gasteiger partial charge >= 0.3 is 0 Å². The zero-order chi connectivity index (χ0) is 13.0. The van der Waals surface area contributed by atoms with E-state index in [1.54, 1.807) is 36.4 Å². The molecule has 0 aliphatic heterocycles. The van der Waals surface area contributed by atoms with Gasteiger partial charge in [0.2, 0.25) is 0 Å². The van der Waals surface area contributed by atoms with E-state index in [1.165, 1.54) is 6.07 Å². The summed E-state index contributed by atoms with van der Waals surface area (Å²) in [5.41, 5.74) is 0.860. The van der Waals surface area contributed by atoms with E-state index < -0.39 is 0 Å². The average molecular weight is 258 g/mol. The zero-order valence-corrected chi connectivity index (χ0v) is 10.0. The van der Waals surface area contributed by atoms with E-state index in [0.717, 1.165) is 0 Å². The Kier molecular flexibility index (Phi) is 3.61. The van der Waals surface area contributed by atoms with E-state index in [0.29, 0.717) is 33.9 Å². The number of benzene rings is 2. The summed E-state index contributed by atoms with van der Waals surface area (Å²) in [5.74, 6) is 0.906. The van der Waals surface area contributed by atoms with Crippen LogP contribution in [0.2, 0.25) is 5.02 Å². The maximum absolute atomic E-state index is 10.9. The number of nitrogens with zero attached hydrogens (tertiary/aromatic N) is 1. The molecule has 0 saturated carbocycles. The summed E-state index contributed by atoms with van der Waals surface area (Å²) in [6.45, 7) is 0. The largest absolute Gasteiger partial charge is 0.457 e. The van der Waals surface area contributed by atoms with Crippen LogP contribution in [0.3, 0.4) is 0 Å². The van der Waals surface area contributed by atoms with Gasteiger partial charge in [0.15, 0.2) is 6.29 Å². The Morgan fingerprint density at radius 2 is 2.06 bits per heavy atom. The van der Waals surface area contributed by atoms with Gasteiger partial charge in [0.05, 0.1) is 17.2 Å². The number of halogens is 1. The lowest BCUT2D eigenvalue weighted by Gasteiger charge is -2.08. The fourth-order valence-electron chi connectivity index (χ4n) is 1.46. The highest BCUT2D eigenvalue weighted by atomic mass is 35.5. The Balaban J connectivity index is 2.34. The van der Waals surface area contributed by atoms with Crippen LogP contribution in [0.5, 0.6) is 11.5 Å². The van der Waals surface area contributed by atoms with Crippen LogP contribution < -0.4 is 4.74 Å². The van der Waals surface area contributed by atoms with E-state index in [2.05, 4.69) is 0 Å². The van der Waals surface area contributed by atoms with Crippen LogP contribution in [0.15, 0.2) is 42.5 Å². The summed E-state index contributed by atoms with van der Waals surface area (Å²) >= 11 is 5.79. The van der Waals surface area contributed by atoms with Crippen LogP contribution in [0.1, 0.15) is 15.9 Å². The number of hydrogen-bond donors (Lipinski definition) is 0. The molecule has 2 rings (SSSR count). The molecule has 0 aliphatic carbocycles. The number of hydrogen-bond acceptors (Lipinski definition) is 3. The van der Waals surface area contributed by atoms with Gasteiger partial charge in [-0.3, -0.25) is 4.79 Å². The van der Waals surface area contributed by atoms with Crippen molar-refractivity contribution in [2.75, 3.05) is 0 Å². The van der Waals surface area contributed by atoms with Crippen LogP contribution in [0.4, 0.5) is 0 Å². The Hall–Kier alpha value is -2.31. The molecule has 0 aliphatic rings. The molecule has 0 atom stereocenters. The first-order valence-electron chi connectivity index (χ1n) is 5.15. The first-order valence-corrected chi connectivity index (χ1v) is 5.53. The topological polar surface area (TPSA) is 50.1 Å². The van der Waals surface area contributed by atoms with Gasteiger partial charge in [0.1, 0.15) is 11.5 Å². The maximum Gasteiger partial charge on any atom is 0.153 e. The third-order valence-electron chi connectivity index (χ3n) is 2.29. The SMILES string of the molecule is N#Cc1cccc(Oc2ccc(Cl)cc2C=O)c1. The summed E-state index contributed by atoms with van der Waals surface area (Å²) < 4.78 is 5.56. The van der Waals surface area contributed by atoms with Crippen molar-refractivity contribution in [2.45, 2.75) is 0 Å². The summed E-state index contributed by atoms with van der Waals surface area (Å²) in [4.78, 5) is 10.9. The van der Waals surface area contributed by atoms with Gasteiger partial charge in [0, 0.05) is 5.02 Å². The molecule has 0 bridgehead atoms. The van der Waals surface area contributed by atoms with Crippen LogP contribution in [-0.2, 0) is 0 Å². The van der Waals surface area contributed by atoms with Crippen molar-refractivity contribution in [1.29, 1.82) is 5.26 Å². The average Bonchev–Trinajstić information content (AvgIpc) is 2.41. The van der Waals surface area contributed by atoms with Crippen molar-refractivity contribution in [3.63, 3.8) is 0 Å². The molecule has 0 fully saturated rings. The third kappa shape index (κ3) is 2.68. The molecule has 2 aromatic carbocycles. The predicted octanol–water partition coefficient (Wildman–Crippen LogP) is 3.82. The number of nitriles is 1. The quantitative estimate of drug-likeness (QED) is 0.786. The van der Waals surface area contributed by atoms with Crippen molar-refractivity contribution in [3.8, 4) is 17.6 Å². The molecular formula is C14H8ClNO2. The number of aldehydes is 1. The van der Waals surface area contributed by atoms with Gasteiger partial charge in [-0.1, -0.05) is 17.7 Å². The molecule has 0 unspecified atom stereocenters. The van der Waals surface area contributed by atoms with Gasteiger partial charge < -0.3 is 4.74 Å².